The highest BCUT2D eigenvalue weighted by molar-refractivity contribution is 7.99. The molecule has 0 radical (unpaired) electrons. The molecule has 0 aliphatic carbocycles. The average molecular weight is 258 g/mol. The van der Waals surface area contributed by atoms with Crippen LogP contribution in [0.25, 0.3) is 0 Å². The fraction of sp³-hybridized carbons (Fsp3) is 0.727. The molecule has 90 valence electrons. The van der Waals surface area contributed by atoms with Crippen molar-refractivity contribution >= 4 is 23.1 Å². The highest BCUT2D eigenvalue weighted by Crippen LogP contribution is 2.31. The van der Waals surface area contributed by atoms with Crippen LogP contribution in [0.5, 0.6) is 0 Å². The van der Waals surface area contributed by atoms with Gasteiger partial charge in [-0.05, 0) is 6.42 Å². The van der Waals surface area contributed by atoms with Gasteiger partial charge in [-0.25, -0.2) is 4.98 Å². The molecule has 0 amide bonds. The van der Waals surface area contributed by atoms with Crippen LogP contribution in [0.15, 0.2) is 0 Å². The van der Waals surface area contributed by atoms with Gasteiger partial charge in [0.1, 0.15) is 11.1 Å². The molecular formula is C11H18N2OS2. The second kappa shape index (κ2) is 6.00. The van der Waals surface area contributed by atoms with E-state index in [0.29, 0.717) is 6.54 Å². The summed E-state index contributed by atoms with van der Waals surface area (Å²) in [7, 11) is 0. The second-order valence-corrected chi connectivity index (χ2v) is 6.08. The van der Waals surface area contributed by atoms with E-state index in [4.69, 9.17) is 15.5 Å². The van der Waals surface area contributed by atoms with E-state index in [2.05, 4.69) is 6.92 Å². The number of nitrogens with zero attached hydrogens (tertiary/aromatic N) is 1. The first-order valence-corrected chi connectivity index (χ1v) is 7.70. The van der Waals surface area contributed by atoms with E-state index in [0.717, 1.165) is 36.0 Å². The molecule has 2 rings (SSSR count). The summed E-state index contributed by atoms with van der Waals surface area (Å²) in [5.41, 5.74) is 6.93. The fourth-order valence-electron chi connectivity index (χ4n) is 1.76. The molecule has 2 N–H and O–H groups in total. The number of ether oxygens (including phenoxy) is 1. The number of hydrogen-bond donors (Lipinski definition) is 1. The van der Waals surface area contributed by atoms with Gasteiger partial charge in [0.05, 0.1) is 12.3 Å². The molecule has 0 bridgehead atoms. The molecule has 5 heteroatoms. The summed E-state index contributed by atoms with van der Waals surface area (Å²) in [6.07, 6.45) is 2.35. The molecule has 3 nitrogen and oxygen atoms in total. The maximum Gasteiger partial charge on any atom is 0.123 e. The Labute approximate surface area is 105 Å². The highest BCUT2D eigenvalue weighted by Gasteiger charge is 2.21. The maximum atomic E-state index is 5.75. The Morgan fingerprint density at radius 2 is 2.44 bits per heavy atom. The van der Waals surface area contributed by atoms with Gasteiger partial charge in [-0.1, -0.05) is 13.3 Å². The maximum absolute atomic E-state index is 5.75. The van der Waals surface area contributed by atoms with Crippen molar-refractivity contribution in [3.8, 4) is 0 Å². The SMILES string of the molecule is CCCc1nc(C2CSCCO2)sc1CN. The fourth-order valence-corrected chi connectivity index (χ4v) is 3.76. The average Bonchev–Trinajstić information content (AvgIpc) is 2.74. The quantitative estimate of drug-likeness (QED) is 0.900. The number of hydrogen-bond acceptors (Lipinski definition) is 5. The lowest BCUT2D eigenvalue weighted by atomic mass is 10.2. The first-order chi connectivity index (χ1) is 7.85. The van der Waals surface area contributed by atoms with Crippen molar-refractivity contribution in [1.82, 2.24) is 4.98 Å². The van der Waals surface area contributed by atoms with Crippen molar-refractivity contribution in [2.45, 2.75) is 32.4 Å². The summed E-state index contributed by atoms with van der Waals surface area (Å²) in [6, 6.07) is 0. The van der Waals surface area contributed by atoms with Crippen LogP contribution in [0.4, 0.5) is 0 Å². The summed E-state index contributed by atoms with van der Waals surface area (Å²) in [6.45, 7) is 3.62. The van der Waals surface area contributed by atoms with Gasteiger partial charge in [-0.3, -0.25) is 0 Å². The Morgan fingerprint density at radius 3 is 3.06 bits per heavy atom. The highest BCUT2D eigenvalue weighted by atomic mass is 32.2. The molecule has 1 fully saturated rings. The molecule has 0 saturated carbocycles. The van der Waals surface area contributed by atoms with E-state index in [1.54, 1.807) is 11.3 Å². The van der Waals surface area contributed by atoms with Crippen LogP contribution in [-0.2, 0) is 17.7 Å². The zero-order chi connectivity index (χ0) is 11.4. The second-order valence-electron chi connectivity index (χ2n) is 3.81. The molecule has 1 aromatic heterocycles. The first kappa shape index (κ1) is 12.4. The lowest BCUT2D eigenvalue weighted by Crippen LogP contribution is -2.15. The number of aromatic nitrogens is 1. The van der Waals surface area contributed by atoms with Gasteiger partial charge >= 0.3 is 0 Å². The Morgan fingerprint density at radius 1 is 1.56 bits per heavy atom. The minimum absolute atomic E-state index is 0.194. The van der Waals surface area contributed by atoms with E-state index in [9.17, 15) is 0 Å². The van der Waals surface area contributed by atoms with Crippen molar-refractivity contribution in [3.63, 3.8) is 0 Å². The van der Waals surface area contributed by atoms with E-state index in [1.807, 2.05) is 11.8 Å². The number of thioether (sulfide) groups is 1. The third kappa shape index (κ3) is 2.77. The minimum atomic E-state index is 0.194. The molecule has 1 unspecified atom stereocenters. The van der Waals surface area contributed by atoms with Gasteiger partial charge in [0.25, 0.3) is 0 Å². The zero-order valence-electron chi connectivity index (χ0n) is 9.57. The van der Waals surface area contributed by atoms with Crippen molar-refractivity contribution in [2.75, 3.05) is 18.1 Å². The Hall–Kier alpha value is -0.100. The van der Waals surface area contributed by atoms with Crippen molar-refractivity contribution < 1.29 is 4.74 Å². The monoisotopic (exact) mass is 258 g/mol. The zero-order valence-corrected chi connectivity index (χ0v) is 11.2. The standard InChI is InChI=1S/C11H18N2OS2/c1-2-3-8-10(6-12)16-11(13-8)9-7-15-5-4-14-9/h9H,2-7,12H2,1H3. The van der Waals surface area contributed by atoms with Crippen LogP contribution in [0, 0.1) is 0 Å². The largest absolute Gasteiger partial charge is 0.369 e. The summed E-state index contributed by atoms with van der Waals surface area (Å²) < 4.78 is 5.74. The van der Waals surface area contributed by atoms with Gasteiger partial charge in [-0.2, -0.15) is 11.8 Å². The van der Waals surface area contributed by atoms with E-state index < -0.39 is 0 Å². The van der Waals surface area contributed by atoms with E-state index in [1.165, 1.54) is 10.6 Å². The predicted octanol–water partition coefficient (Wildman–Crippen LogP) is 2.36. The molecular weight excluding hydrogens is 240 g/mol. The summed E-state index contributed by atoms with van der Waals surface area (Å²) in [4.78, 5) is 5.93. The molecule has 1 aliphatic heterocycles. The van der Waals surface area contributed by atoms with Gasteiger partial charge in [0.15, 0.2) is 0 Å². The number of aryl methyl sites for hydroxylation is 1. The lowest BCUT2D eigenvalue weighted by Gasteiger charge is -2.19. The normalized spacial score (nSPS) is 21.2. The first-order valence-electron chi connectivity index (χ1n) is 5.73. The van der Waals surface area contributed by atoms with Crippen LogP contribution in [0.2, 0.25) is 0 Å². The van der Waals surface area contributed by atoms with Crippen LogP contribution < -0.4 is 5.73 Å². The van der Waals surface area contributed by atoms with Gasteiger partial charge < -0.3 is 10.5 Å². The minimum Gasteiger partial charge on any atom is -0.369 e. The molecule has 16 heavy (non-hydrogen) atoms. The number of thiazole rings is 1. The van der Waals surface area contributed by atoms with Gasteiger partial charge in [-0.15, -0.1) is 11.3 Å². The molecule has 1 aromatic rings. The van der Waals surface area contributed by atoms with Crippen molar-refractivity contribution in [1.29, 1.82) is 0 Å². The van der Waals surface area contributed by atoms with Gasteiger partial charge in [0, 0.05) is 22.9 Å². The molecule has 0 spiro atoms. The van der Waals surface area contributed by atoms with E-state index >= 15 is 0 Å². The number of rotatable bonds is 4. The molecule has 1 atom stereocenters. The smallest absolute Gasteiger partial charge is 0.123 e. The van der Waals surface area contributed by atoms with Crippen LogP contribution in [-0.4, -0.2) is 23.1 Å². The molecule has 1 saturated heterocycles. The van der Waals surface area contributed by atoms with E-state index in [-0.39, 0.29) is 6.10 Å². The van der Waals surface area contributed by atoms with Crippen molar-refractivity contribution in [3.05, 3.63) is 15.6 Å². The topological polar surface area (TPSA) is 48.1 Å². The Bertz CT molecular complexity index is 335. The number of nitrogens with two attached hydrogens (primary N) is 1. The Kier molecular flexibility index (Phi) is 4.64. The lowest BCUT2D eigenvalue weighted by molar-refractivity contribution is 0.0754. The Balaban J connectivity index is 2.14. The van der Waals surface area contributed by atoms with Crippen LogP contribution >= 0.6 is 23.1 Å². The third-order valence-corrected chi connectivity index (χ3v) is 4.76. The molecule has 1 aliphatic rings. The molecule has 0 aromatic carbocycles. The summed E-state index contributed by atoms with van der Waals surface area (Å²) in [5, 5.41) is 1.12. The van der Waals surface area contributed by atoms with Crippen LogP contribution in [0.3, 0.4) is 0 Å². The molecule has 2 heterocycles. The van der Waals surface area contributed by atoms with Gasteiger partial charge in [0.2, 0.25) is 0 Å². The third-order valence-electron chi connectivity index (χ3n) is 2.56. The summed E-state index contributed by atoms with van der Waals surface area (Å²) in [5.74, 6) is 2.14. The van der Waals surface area contributed by atoms with Crippen LogP contribution in [0.1, 0.15) is 35.0 Å². The summed E-state index contributed by atoms with van der Waals surface area (Å²) >= 11 is 3.68. The van der Waals surface area contributed by atoms with Crippen molar-refractivity contribution in [2.24, 2.45) is 5.73 Å². The predicted molar refractivity (Wildman–Crippen MR) is 70.0 cm³/mol.